The van der Waals surface area contributed by atoms with Gasteiger partial charge in [-0.1, -0.05) is 176 Å². The smallest absolute Gasteiger partial charge is 0.162 e. The van der Waals surface area contributed by atoms with Gasteiger partial charge >= 0.3 is 0 Å². The van der Waals surface area contributed by atoms with E-state index in [1.807, 2.05) is 11.3 Å². The first-order valence-corrected chi connectivity index (χ1v) is 20.1. The van der Waals surface area contributed by atoms with Crippen LogP contribution in [0.5, 0.6) is 0 Å². The number of rotatable bonds is 7. The van der Waals surface area contributed by atoms with Gasteiger partial charge in [0, 0.05) is 48.1 Å². The molecule has 268 valence electrons. The van der Waals surface area contributed by atoms with Crippen molar-refractivity contribution in [3.05, 3.63) is 235 Å². The fourth-order valence-corrected chi connectivity index (χ4v) is 10.1. The lowest BCUT2D eigenvalue weighted by Gasteiger charge is -2.37. The maximum atomic E-state index is 5.50. The number of para-hydroxylation sites is 2. The second-order valence-electron chi connectivity index (χ2n) is 14.5. The number of fused-ring (bicyclic) bond motifs is 6. The summed E-state index contributed by atoms with van der Waals surface area (Å²) in [6.07, 6.45) is 0. The van der Waals surface area contributed by atoms with E-state index in [1.54, 1.807) is 0 Å². The molecule has 0 fully saturated rings. The molecule has 0 spiro atoms. The molecule has 0 atom stereocenters. The Morgan fingerprint density at radius 2 is 0.912 bits per heavy atom. The van der Waals surface area contributed by atoms with Crippen LogP contribution < -0.4 is 0 Å². The van der Waals surface area contributed by atoms with Crippen molar-refractivity contribution in [1.82, 2.24) is 14.5 Å². The molecule has 0 aliphatic carbocycles. The summed E-state index contributed by atoms with van der Waals surface area (Å²) < 4.78 is 4.81. The number of hydrogen-bond acceptors (Lipinski definition) is 3. The van der Waals surface area contributed by atoms with Gasteiger partial charge < -0.3 is 0 Å². The molecule has 0 amide bonds. The molecular weight excluding hydrogens is 711 g/mol. The van der Waals surface area contributed by atoms with Crippen molar-refractivity contribution in [2.24, 2.45) is 0 Å². The van der Waals surface area contributed by atoms with Gasteiger partial charge in [0.15, 0.2) is 5.82 Å². The molecule has 3 aromatic heterocycles. The predicted molar refractivity (Wildman–Crippen MR) is 238 cm³/mol. The number of nitrogens with zero attached hydrogens (tertiary/aromatic N) is 3. The highest BCUT2D eigenvalue weighted by molar-refractivity contribution is 7.25. The molecule has 0 unspecified atom stereocenters. The zero-order valence-electron chi connectivity index (χ0n) is 31.0. The van der Waals surface area contributed by atoms with Crippen LogP contribution in [0.1, 0.15) is 22.3 Å². The number of aromatic nitrogens is 3. The van der Waals surface area contributed by atoms with E-state index < -0.39 is 5.41 Å². The van der Waals surface area contributed by atoms with Gasteiger partial charge in [0.25, 0.3) is 0 Å². The van der Waals surface area contributed by atoms with Gasteiger partial charge in [-0.15, -0.1) is 11.3 Å². The summed E-state index contributed by atoms with van der Waals surface area (Å²) in [4.78, 5) is 11.0. The number of benzene rings is 8. The lowest BCUT2D eigenvalue weighted by Crippen LogP contribution is -2.31. The molecule has 0 aliphatic rings. The van der Waals surface area contributed by atoms with Crippen LogP contribution >= 0.6 is 11.3 Å². The first-order valence-electron chi connectivity index (χ1n) is 19.3. The van der Waals surface area contributed by atoms with Crippen LogP contribution in [0.3, 0.4) is 0 Å². The summed E-state index contributed by atoms with van der Waals surface area (Å²) in [5, 5.41) is 4.86. The van der Waals surface area contributed by atoms with Gasteiger partial charge in [-0.2, -0.15) is 0 Å². The lowest BCUT2D eigenvalue weighted by atomic mass is 9.65. The Labute approximate surface area is 334 Å². The van der Waals surface area contributed by atoms with E-state index in [9.17, 15) is 0 Å². The number of thiophene rings is 1. The normalized spacial score (nSPS) is 11.9. The first-order chi connectivity index (χ1) is 28.3. The summed E-state index contributed by atoms with van der Waals surface area (Å²) in [6.45, 7) is 0. The van der Waals surface area contributed by atoms with E-state index in [4.69, 9.17) is 9.97 Å². The molecule has 11 rings (SSSR count). The molecule has 3 nitrogen and oxygen atoms in total. The van der Waals surface area contributed by atoms with Gasteiger partial charge in [0.2, 0.25) is 0 Å². The van der Waals surface area contributed by atoms with Gasteiger partial charge in [-0.3, -0.25) is 4.57 Å². The quantitative estimate of drug-likeness (QED) is 0.152. The molecule has 0 radical (unpaired) electrons. The van der Waals surface area contributed by atoms with Crippen LogP contribution in [-0.2, 0) is 5.41 Å². The predicted octanol–water partition coefficient (Wildman–Crippen LogP) is 13.7. The molecule has 57 heavy (non-hydrogen) atoms. The zero-order chi connectivity index (χ0) is 37.8. The molecule has 4 heteroatoms. The van der Waals surface area contributed by atoms with Gasteiger partial charge in [-0.25, -0.2) is 9.97 Å². The van der Waals surface area contributed by atoms with Crippen molar-refractivity contribution in [2.75, 3.05) is 0 Å². The Hall–Kier alpha value is -7.14. The van der Waals surface area contributed by atoms with E-state index >= 15 is 0 Å². The molecule has 0 aliphatic heterocycles. The van der Waals surface area contributed by atoms with E-state index in [2.05, 4.69) is 217 Å². The van der Waals surface area contributed by atoms with Gasteiger partial charge in [0.1, 0.15) is 5.82 Å². The SMILES string of the molecule is c1ccc(C(c2ccccc2)(c2ccccc2)c2cccc(-c3nc(-c4cccc5sc6ccccc6c45)cc(-n4c5ccccc5c5ccccc54)n3)c2)cc1. The maximum absolute atomic E-state index is 5.50. The third-order valence-corrected chi connectivity index (χ3v) is 12.5. The summed E-state index contributed by atoms with van der Waals surface area (Å²) in [7, 11) is 0. The molecule has 0 saturated carbocycles. The van der Waals surface area contributed by atoms with Crippen LogP contribution in [0, 0.1) is 0 Å². The summed E-state index contributed by atoms with van der Waals surface area (Å²) in [6, 6.07) is 76.2. The molecule has 0 N–H and O–H groups in total. The molecule has 11 aromatic rings. The Bertz CT molecular complexity index is 3090. The zero-order valence-corrected chi connectivity index (χ0v) is 31.8. The summed E-state index contributed by atoms with van der Waals surface area (Å²) in [5.74, 6) is 1.50. The highest BCUT2D eigenvalue weighted by Crippen LogP contribution is 2.46. The average molecular weight is 746 g/mol. The van der Waals surface area contributed by atoms with Crippen LogP contribution in [0.2, 0.25) is 0 Å². The van der Waals surface area contributed by atoms with Crippen molar-refractivity contribution in [1.29, 1.82) is 0 Å². The fraction of sp³-hybridized carbons (Fsp3) is 0.0189. The average Bonchev–Trinajstić information content (AvgIpc) is 3.84. The van der Waals surface area contributed by atoms with Crippen LogP contribution in [0.15, 0.2) is 212 Å². The van der Waals surface area contributed by atoms with E-state index in [-0.39, 0.29) is 0 Å². The van der Waals surface area contributed by atoms with Crippen molar-refractivity contribution < 1.29 is 0 Å². The molecule has 0 bridgehead atoms. The van der Waals surface area contributed by atoms with E-state index in [0.717, 1.165) is 39.2 Å². The van der Waals surface area contributed by atoms with E-state index in [0.29, 0.717) is 5.82 Å². The van der Waals surface area contributed by atoms with Crippen molar-refractivity contribution >= 4 is 53.3 Å². The second kappa shape index (κ2) is 13.6. The summed E-state index contributed by atoms with van der Waals surface area (Å²) >= 11 is 1.83. The number of hydrogen-bond donors (Lipinski definition) is 0. The molecule has 0 saturated heterocycles. The summed E-state index contributed by atoms with van der Waals surface area (Å²) in [5.41, 5.74) is 9.26. The minimum absolute atomic E-state index is 0.603. The topological polar surface area (TPSA) is 30.7 Å². The van der Waals surface area contributed by atoms with E-state index in [1.165, 1.54) is 47.6 Å². The highest BCUT2D eigenvalue weighted by Gasteiger charge is 2.38. The Morgan fingerprint density at radius 3 is 1.54 bits per heavy atom. The second-order valence-corrected chi connectivity index (χ2v) is 15.6. The minimum Gasteiger partial charge on any atom is -0.294 e. The van der Waals surface area contributed by atoms with Crippen LogP contribution in [0.4, 0.5) is 0 Å². The standard InChI is InChI=1S/C53H35N3S/c1-4-19-37(20-5-1)53(38-21-6-2-7-22-38,39-23-8-3-9-24-39)40-25-16-18-36(34-40)52-54-45(43-29-17-33-49-51(43)44-28-12-15-32-48(44)57-49)35-50(55-52)56-46-30-13-10-26-41(46)42-27-11-14-31-47(42)56/h1-35H. The minimum atomic E-state index is -0.603. The third kappa shape index (κ3) is 5.33. The lowest BCUT2D eigenvalue weighted by molar-refractivity contribution is 0.745. The van der Waals surface area contributed by atoms with Gasteiger partial charge in [0.05, 0.1) is 22.1 Å². The molecule has 3 heterocycles. The Morgan fingerprint density at radius 1 is 0.404 bits per heavy atom. The Kier molecular flexibility index (Phi) is 7.90. The van der Waals surface area contributed by atoms with Crippen LogP contribution in [-0.4, -0.2) is 14.5 Å². The van der Waals surface area contributed by atoms with Crippen molar-refractivity contribution in [2.45, 2.75) is 5.41 Å². The Balaban J connectivity index is 1.21. The highest BCUT2D eigenvalue weighted by atomic mass is 32.1. The molecule has 8 aromatic carbocycles. The maximum Gasteiger partial charge on any atom is 0.162 e. The first kappa shape index (κ1) is 33.2. The third-order valence-electron chi connectivity index (χ3n) is 11.4. The fourth-order valence-electron chi connectivity index (χ4n) is 8.93. The molecular formula is C53H35N3S. The monoisotopic (exact) mass is 745 g/mol. The van der Waals surface area contributed by atoms with Gasteiger partial charge in [-0.05, 0) is 52.6 Å². The van der Waals surface area contributed by atoms with Crippen LogP contribution in [0.25, 0.3) is 70.4 Å². The van der Waals surface area contributed by atoms with Crippen molar-refractivity contribution in [3.8, 4) is 28.5 Å². The van der Waals surface area contributed by atoms with Crippen molar-refractivity contribution in [3.63, 3.8) is 0 Å². The largest absolute Gasteiger partial charge is 0.294 e.